The van der Waals surface area contributed by atoms with Gasteiger partial charge in [-0.05, 0) is 64.1 Å². The summed E-state index contributed by atoms with van der Waals surface area (Å²) in [4.78, 5) is 9.30. The normalized spacial score (nSPS) is 22.2. The van der Waals surface area contributed by atoms with Gasteiger partial charge in [-0.25, -0.2) is 4.98 Å². The summed E-state index contributed by atoms with van der Waals surface area (Å²) in [5, 5.41) is 3.65. The average Bonchev–Trinajstić information content (AvgIpc) is 2.56. The van der Waals surface area contributed by atoms with Gasteiger partial charge in [0.15, 0.2) is 0 Å². The van der Waals surface area contributed by atoms with E-state index in [1.807, 2.05) is 37.4 Å². The molecular formula is C20H29N5. The van der Waals surface area contributed by atoms with E-state index in [2.05, 4.69) is 17.2 Å². The molecule has 25 heavy (non-hydrogen) atoms. The molecule has 0 radical (unpaired) electrons. The van der Waals surface area contributed by atoms with Crippen molar-refractivity contribution in [2.75, 3.05) is 6.54 Å². The van der Waals surface area contributed by atoms with Crippen LogP contribution in [0.4, 0.5) is 0 Å². The van der Waals surface area contributed by atoms with Crippen LogP contribution in [-0.2, 0) is 0 Å². The highest BCUT2D eigenvalue weighted by Crippen LogP contribution is 2.32. The smallest absolute Gasteiger partial charge is 0.0894 e. The largest absolute Gasteiger partial charge is 0.385 e. The first-order valence-corrected chi connectivity index (χ1v) is 9.23. The van der Waals surface area contributed by atoms with Crippen molar-refractivity contribution >= 4 is 16.6 Å². The van der Waals surface area contributed by atoms with Gasteiger partial charge in [-0.2, -0.15) is 0 Å². The Balaban J connectivity index is 1.76. The number of fused-ring (bicyclic) bond motifs is 1. The van der Waals surface area contributed by atoms with Crippen LogP contribution in [0.25, 0.3) is 16.6 Å². The van der Waals surface area contributed by atoms with Gasteiger partial charge in [-0.15, -0.1) is 0 Å². The van der Waals surface area contributed by atoms with Gasteiger partial charge in [-0.3, -0.25) is 4.98 Å². The van der Waals surface area contributed by atoms with Crippen LogP contribution in [0.1, 0.15) is 45.2 Å². The summed E-state index contributed by atoms with van der Waals surface area (Å²) in [7, 11) is 0. The van der Waals surface area contributed by atoms with Gasteiger partial charge in [0.1, 0.15) is 0 Å². The summed E-state index contributed by atoms with van der Waals surface area (Å²) in [5.74, 6) is 0.813. The Morgan fingerprint density at radius 3 is 2.68 bits per heavy atom. The highest BCUT2D eigenvalue weighted by Gasteiger charge is 2.29. The van der Waals surface area contributed by atoms with Crippen LogP contribution in [0.5, 0.6) is 0 Å². The molecule has 5 heteroatoms. The van der Waals surface area contributed by atoms with Gasteiger partial charge in [-0.1, -0.05) is 12.1 Å². The minimum absolute atomic E-state index is 0.101. The van der Waals surface area contributed by atoms with E-state index in [1.54, 1.807) is 0 Å². The standard InChI is InChI=1S/C20H29N5/c1-13(22)20(14(2)24-16-10-15(11-16)6-5-9-21)19-12-23-17-7-3-4-8-18(17)25-19/h3-4,7-8,12-13,15-16,24H,5-6,9-11,21-22H2,1-2H3/b20-14+. The van der Waals surface area contributed by atoms with Crippen molar-refractivity contribution in [3.05, 3.63) is 41.9 Å². The maximum Gasteiger partial charge on any atom is 0.0894 e. The molecule has 1 aliphatic carbocycles. The van der Waals surface area contributed by atoms with E-state index in [1.165, 1.54) is 19.3 Å². The van der Waals surface area contributed by atoms with Crippen molar-refractivity contribution in [2.24, 2.45) is 17.4 Å². The van der Waals surface area contributed by atoms with Crippen molar-refractivity contribution in [3.63, 3.8) is 0 Å². The van der Waals surface area contributed by atoms with Gasteiger partial charge in [0.2, 0.25) is 0 Å². The monoisotopic (exact) mass is 339 g/mol. The number of nitrogens with two attached hydrogens (primary N) is 2. The molecular weight excluding hydrogens is 310 g/mol. The fourth-order valence-corrected chi connectivity index (χ4v) is 3.73. The molecule has 0 spiro atoms. The Kier molecular flexibility index (Phi) is 5.66. The fraction of sp³-hybridized carbons (Fsp3) is 0.500. The number of para-hydroxylation sites is 2. The van der Waals surface area contributed by atoms with E-state index >= 15 is 0 Å². The molecule has 1 atom stereocenters. The van der Waals surface area contributed by atoms with Crippen LogP contribution in [0.2, 0.25) is 0 Å². The topological polar surface area (TPSA) is 89.8 Å². The second-order valence-corrected chi connectivity index (χ2v) is 7.18. The van der Waals surface area contributed by atoms with Crippen LogP contribution < -0.4 is 16.8 Å². The Hall–Kier alpha value is -1.98. The lowest BCUT2D eigenvalue weighted by molar-refractivity contribution is 0.219. The molecule has 1 aromatic heterocycles. The van der Waals surface area contributed by atoms with Gasteiger partial charge in [0.25, 0.3) is 0 Å². The molecule has 5 N–H and O–H groups in total. The quantitative estimate of drug-likeness (QED) is 0.722. The molecule has 0 bridgehead atoms. The Labute approximate surface area is 149 Å². The molecule has 1 fully saturated rings. The third kappa shape index (κ3) is 4.17. The summed E-state index contributed by atoms with van der Waals surface area (Å²) < 4.78 is 0. The molecule has 1 heterocycles. The lowest BCUT2D eigenvalue weighted by Crippen LogP contribution is -2.41. The van der Waals surface area contributed by atoms with Crippen LogP contribution in [0.3, 0.4) is 0 Å². The Morgan fingerprint density at radius 1 is 1.28 bits per heavy atom. The van der Waals surface area contributed by atoms with Crippen molar-refractivity contribution in [3.8, 4) is 0 Å². The predicted octanol–water partition coefficient (Wildman–Crippen LogP) is 2.82. The second-order valence-electron chi connectivity index (χ2n) is 7.18. The zero-order valence-electron chi connectivity index (χ0n) is 15.2. The summed E-state index contributed by atoms with van der Waals surface area (Å²) in [6.07, 6.45) is 6.63. The SMILES string of the molecule is C/C(NC1CC(CCCN)C1)=C(\c1cnc2ccccc2n1)C(C)N. The number of nitrogens with zero attached hydrogens (tertiary/aromatic N) is 2. The van der Waals surface area contributed by atoms with Crippen molar-refractivity contribution in [2.45, 2.75) is 51.6 Å². The maximum absolute atomic E-state index is 6.26. The van der Waals surface area contributed by atoms with Crippen molar-refractivity contribution in [1.82, 2.24) is 15.3 Å². The summed E-state index contributed by atoms with van der Waals surface area (Å²) in [6, 6.07) is 8.35. The van der Waals surface area contributed by atoms with Gasteiger partial charge in [0, 0.05) is 23.4 Å². The van der Waals surface area contributed by atoms with Crippen molar-refractivity contribution in [1.29, 1.82) is 0 Å². The van der Waals surface area contributed by atoms with Crippen LogP contribution >= 0.6 is 0 Å². The molecule has 5 nitrogen and oxygen atoms in total. The second kappa shape index (κ2) is 7.93. The van der Waals surface area contributed by atoms with Crippen LogP contribution in [0, 0.1) is 5.92 Å². The van der Waals surface area contributed by atoms with Gasteiger partial charge in [0.05, 0.1) is 22.9 Å². The molecule has 134 valence electrons. The first kappa shape index (κ1) is 17.8. The number of nitrogens with one attached hydrogen (secondary N) is 1. The molecule has 0 aliphatic heterocycles. The fourth-order valence-electron chi connectivity index (χ4n) is 3.73. The molecule has 1 unspecified atom stereocenters. The Morgan fingerprint density at radius 2 is 2.00 bits per heavy atom. The van der Waals surface area contributed by atoms with Crippen molar-refractivity contribution < 1.29 is 0 Å². The number of benzene rings is 1. The molecule has 1 saturated carbocycles. The minimum atomic E-state index is -0.101. The molecule has 2 aromatic rings. The van der Waals surface area contributed by atoms with Gasteiger partial charge >= 0.3 is 0 Å². The molecule has 3 rings (SSSR count). The summed E-state index contributed by atoms with van der Waals surface area (Å²) >= 11 is 0. The highest BCUT2D eigenvalue weighted by molar-refractivity contribution is 5.78. The van der Waals surface area contributed by atoms with Gasteiger partial charge < -0.3 is 16.8 Å². The van der Waals surface area contributed by atoms with Crippen LogP contribution in [0.15, 0.2) is 36.2 Å². The minimum Gasteiger partial charge on any atom is -0.385 e. The van der Waals surface area contributed by atoms with E-state index in [4.69, 9.17) is 16.5 Å². The summed E-state index contributed by atoms with van der Waals surface area (Å²) in [5.41, 5.74) is 16.7. The molecule has 1 aromatic carbocycles. The Bertz CT molecular complexity index is 747. The number of rotatable bonds is 7. The van der Waals surface area contributed by atoms with Crippen LogP contribution in [-0.4, -0.2) is 28.6 Å². The van der Waals surface area contributed by atoms with E-state index < -0.39 is 0 Å². The maximum atomic E-state index is 6.26. The van der Waals surface area contributed by atoms with E-state index in [0.717, 1.165) is 46.9 Å². The van der Waals surface area contributed by atoms with E-state index in [9.17, 15) is 0 Å². The highest BCUT2D eigenvalue weighted by atomic mass is 15.0. The molecule has 0 amide bonds. The lowest BCUT2D eigenvalue weighted by atomic mass is 9.77. The lowest BCUT2D eigenvalue weighted by Gasteiger charge is -2.37. The zero-order valence-corrected chi connectivity index (χ0v) is 15.2. The third-order valence-corrected chi connectivity index (χ3v) is 5.06. The predicted molar refractivity (Wildman–Crippen MR) is 104 cm³/mol. The number of aromatic nitrogens is 2. The van der Waals surface area contributed by atoms with E-state index in [0.29, 0.717) is 6.04 Å². The number of hydrogen-bond donors (Lipinski definition) is 3. The number of hydrogen-bond acceptors (Lipinski definition) is 5. The molecule has 1 aliphatic rings. The first-order chi connectivity index (χ1) is 12.1. The third-order valence-electron chi connectivity index (χ3n) is 5.06. The van der Waals surface area contributed by atoms with E-state index in [-0.39, 0.29) is 6.04 Å². The summed E-state index contributed by atoms with van der Waals surface area (Å²) in [6.45, 7) is 4.90. The first-order valence-electron chi connectivity index (χ1n) is 9.23. The zero-order chi connectivity index (χ0) is 17.8. The molecule has 0 saturated heterocycles. The average molecular weight is 339 g/mol. The number of allylic oxidation sites excluding steroid dienone is 1.